The van der Waals surface area contributed by atoms with Gasteiger partial charge >= 0.3 is 0 Å². The van der Waals surface area contributed by atoms with Crippen LogP contribution in [0.15, 0.2) is 24.3 Å². The average molecular weight is 260 g/mol. The van der Waals surface area contributed by atoms with Crippen molar-refractivity contribution in [1.29, 1.82) is 0 Å². The van der Waals surface area contributed by atoms with Crippen LogP contribution in [0, 0.1) is 6.92 Å². The molecule has 104 valence electrons. The van der Waals surface area contributed by atoms with E-state index in [2.05, 4.69) is 41.4 Å². The SMILES string of the molecule is Cc1ccccc1[C@@H]1CN(C2CCOCC2)CCN1. The van der Waals surface area contributed by atoms with E-state index < -0.39 is 0 Å². The predicted octanol–water partition coefficient (Wildman–Crippen LogP) is 2.12. The molecule has 2 aliphatic heterocycles. The van der Waals surface area contributed by atoms with Crippen LogP contribution in [0.1, 0.15) is 30.0 Å². The fourth-order valence-electron chi connectivity index (χ4n) is 3.34. The highest BCUT2D eigenvalue weighted by atomic mass is 16.5. The molecule has 2 fully saturated rings. The summed E-state index contributed by atoms with van der Waals surface area (Å²) in [7, 11) is 0. The van der Waals surface area contributed by atoms with Gasteiger partial charge in [0.15, 0.2) is 0 Å². The second-order valence-corrected chi connectivity index (χ2v) is 5.70. The largest absolute Gasteiger partial charge is 0.381 e. The maximum atomic E-state index is 5.48. The first-order valence-corrected chi connectivity index (χ1v) is 7.45. The normalized spacial score (nSPS) is 26.5. The highest BCUT2D eigenvalue weighted by molar-refractivity contribution is 5.29. The van der Waals surface area contributed by atoms with Crippen LogP contribution in [0.4, 0.5) is 0 Å². The van der Waals surface area contributed by atoms with Crippen LogP contribution in [-0.2, 0) is 4.74 Å². The van der Waals surface area contributed by atoms with Crippen molar-refractivity contribution in [3.8, 4) is 0 Å². The first-order chi connectivity index (χ1) is 9.34. The first kappa shape index (κ1) is 13.1. The monoisotopic (exact) mass is 260 g/mol. The van der Waals surface area contributed by atoms with Crippen molar-refractivity contribution in [3.63, 3.8) is 0 Å². The van der Waals surface area contributed by atoms with E-state index in [0.29, 0.717) is 6.04 Å². The van der Waals surface area contributed by atoms with Crippen LogP contribution in [0.2, 0.25) is 0 Å². The minimum Gasteiger partial charge on any atom is -0.381 e. The van der Waals surface area contributed by atoms with Gasteiger partial charge in [-0.3, -0.25) is 4.90 Å². The van der Waals surface area contributed by atoms with E-state index in [-0.39, 0.29) is 0 Å². The molecule has 19 heavy (non-hydrogen) atoms. The van der Waals surface area contributed by atoms with Crippen molar-refractivity contribution >= 4 is 0 Å². The number of piperazine rings is 1. The third-order valence-electron chi connectivity index (χ3n) is 4.48. The summed E-state index contributed by atoms with van der Waals surface area (Å²) >= 11 is 0. The van der Waals surface area contributed by atoms with E-state index in [1.807, 2.05) is 0 Å². The second kappa shape index (κ2) is 6.04. The van der Waals surface area contributed by atoms with Crippen molar-refractivity contribution in [2.75, 3.05) is 32.8 Å². The van der Waals surface area contributed by atoms with Gasteiger partial charge in [-0.05, 0) is 30.9 Å². The van der Waals surface area contributed by atoms with E-state index >= 15 is 0 Å². The molecule has 3 nitrogen and oxygen atoms in total. The third kappa shape index (κ3) is 2.99. The van der Waals surface area contributed by atoms with E-state index in [9.17, 15) is 0 Å². The summed E-state index contributed by atoms with van der Waals surface area (Å²) < 4.78 is 5.48. The molecule has 2 saturated heterocycles. The topological polar surface area (TPSA) is 24.5 Å². The molecule has 3 heteroatoms. The van der Waals surface area contributed by atoms with Gasteiger partial charge in [-0.2, -0.15) is 0 Å². The predicted molar refractivity (Wildman–Crippen MR) is 77.3 cm³/mol. The maximum Gasteiger partial charge on any atom is 0.0480 e. The Hall–Kier alpha value is -0.900. The molecule has 0 spiro atoms. The van der Waals surface area contributed by atoms with Gasteiger partial charge in [0, 0.05) is 44.9 Å². The Bertz CT molecular complexity index is 415. The highest BCUT2D eigenvalue weighted by Crippen LogP contribution is 2.24. The first-order valence-electron chi connectivity index (χ1n) is 7.45. The quantitative estimate of drug-likeness (QED) is 0.881. The summed E-state index contributed by atoms with van der Waals surface area (Å²) in [4.78, 5) is 2.66. The minimum atomic E-state index is 0.484. The van der Waals surface area contributed by atoms with Gasteiger partial charge in [0.25, 0.3) is 0 Å². The minimum absolute atomic E-state index is 0.484. The number of aryl methyl sites for hydroxylation is 1. The smallest absolute Gasteiger partial charge is 0.0480 e. The van der Waals surface area contributed by atoms with Crippen LogP contribution < -0.4 is 5.32 Å². The lowest BCUT2D eigenvalue weighted by atomic mass is 9.97. The standard InChI is InChI=1S/C16H24N2O/c1-13-4-2-3-5-15(13)16-12-18(9-8-17-16)14-6-10-19-11-7-14/h2-5,14,16-17H,6-12H2,1H3/t16-/m0/s1. The number of rotatable bonds is 2. The Kier molecular flexibility index (Phi) is 4.16. The summed E-state index contributed by atoms with van der Waals surface area (Å²) in [5, 5.41) is 3.67. The molecule has 1 aromatic carbocycles. The van der Waals surface area contributed by atoms with E-state index in [4.69, 9.17) is 4.74 Å². The maximum absolute atomic E-state index is 5.48. The summed E-state index contributed by atoms with van der Waals surface area (Å²) in [5.74, 6) is 0. The molecule has 0 aromatic heterocycles. The van der Waals surface area contributed by atoms with Crippen molar-refractivity contribution in [3.05, 3.63) is 35.4 Å². The summed E-state index contributed by atoms with van der Waals surface area (Å²) in [5.41, 5.74) is 2.85. The molecule has 0 aliphatic carbocycles. The Balaban J connectivity index is 1.69. The van der Waals surface area contributed by atoms with Crippen LogP contribution in [0.25, 0.3) is 0 Å². The van der Waals surface area contributed by atoms with Gasteiger partial charge in [-0.25, -0.2) is 0 Å². The number of hydrogen-bond acceptors (Lipinski definition) is 3. The Morgan fingerprint density at radius 1 is 1.21 bits per heavy atom. The van der Waals surface area contributed by atoms with Gasteiger partial charge in [0.1, 0.15) is 0 Å². The third-order valence-corrected chi connectivity index (χ3v) is 4.48. The lowest BCUT2D eigenvalue weighted by Crippen LogP contribution is -2.51. The van der Waals surface area contributed by atoms with Crippen molar-refractivity contribution < 1.29 is 4.74 Å². The van der Waals surface area contributed by atoms with Crippen LogP contribution in [-0.4, -0.2) is 43.8 Å². The summed E-state index contributed by atoms with van der Waals surface area (Å²) in [6.45, 7) is 7.48. The van der Waals surface area contributed by atoms with E-state index in [1.54, 1.807) is 0 Å². The molecule has 2 aliphatic rings. The Morgan fingerprint density at radius 2 is 2.00 bits per heavy atom. The van der Waals surface area contributed by atoms with Crippen LogP contribution in [0.3, 0.4) is 0 Å². The molecular formula is C16H24N2O. The number of nitrogens with zero attached hydrogens (tertiary/aromatic N) is 1. The average Bonchev–Trinajstić information content (AvgIpc) is 2.49. The van der Waals surface area contributed by atoms with Gasteiger partial charge < -0.3 is 10.1 Å². The Morgan fingerprint density at radius 3 is 2.79 bits per heavy atom. The molecular weight excluding hydrogens is 236 g/mol. The Labute approximate surface area is 115 Å². The van der Waals surface area contributed by atoms with Crippen molar-refractivity contribution in [2.45, 2.75) is 31.8 Å². The summed E-state index contributed by atoms with van der Waals surface area (Å²) in [6.07, 6.45) is 2.39. The van der Waals surface area contributed by atoms with Gasteiger partial charge in [0.2, 0.25) is 0 Å². The van der Waals surface area contributed by atoms with Gasteiger partial charge in [0.05, 0.1) is 0 Å². The fourth-order valence-corrected chi connectivity index (χ4v) is 3.34. The van der Waals surface area contributed by atoms with E-state index in [0.717, 1.165) is 32.3 Å². The lowest BCUT2D eigenvalue weighted by Gasteiger charge is -2.40. The zero-order valence-electron chi connectivity index (χ0n) is 11.8. The molecule has 0 amide bonds. The zero-order valence-corrected chi connectivity index (χ0v) is 11.8. The lowest BCUT2D eigenvalue weighted by molar-refractivity contribution is 0.0233. The molecule has 1 N–H and O–H groups in total. The van der Waals surface area contributed by atoms with Crippen LogP contribution in [0.5, 0.6) is 0 Å². The molecule has 3 rings (SSSR count). The van der Waals surface area contributed by atoms with Gasteiger partial charge in [-0.1, -0.05) is 24.3 Å². The van der Waals surface area contributed by atoms with E-state index in [1.165, 1.54) is 30.5 Å². The van der Waals surface area contributed by atoms with Crippen LogP contribution >= 0.6 is 0 Å². The highest BCUT2D eigenvalue weighted by Gasteiger charge is 2.27. The number of benzene rings is 1. The molecule has 0 saturated carbocycles. The number of ether oxygens (including phenoxy) is 1. The molecule has 0 radical (unpaired) electrons. The van der Waals surface area contributed by atoms with Gasteiger partial charge in [-0.15, -0.1) is 0 Å². The molecule has 2 heterocycles. The number of hydrogen-bond donors (Lipinski definition) is 1. The molecule has 1 atom stereocenters. The zero-order chi connectivity index (χ0) is 13.1. The number of nitrogens with one attached hydrogen (secondary N) is 1. The fraction of sp³-hybridized carbons (Fsp3) is 0.625. The van der Waals surface area contributed by atoms with Crippen molar-refractivity contribution in [1.82, 2.24) is 10.2 Å². The second-order valence-electron chi connectivity index (χ2n) is 5.70. The molecule has 0 unspecified atom stereocenters. The summed E-state index contributed by atoms with van der Waals surface area (Å²) in [6, 6.07) is 9.96. The van der Waals surface area contributed by atoms with Crippen molar-refractivity contribution in [2.24, 2.45) is 0 Å². The molecule has 1 aromatic rings. The molecule has 0 bridgehead atoms.